The lowest BCUT2D eigenvalue weighted by Gasteiger charge is -2.32. The Morgan fingerprint density at radius 2 is 2.04 bits per heavy atom. The van der Waals surface area contributed by atoms with Gasteiger partial charge in [-0.1, -0.05) is 6.07 Å². The van der Waals surface area contributed by atoms with Gasteiger partial charge in [-0.25, -0.2) is 0 Å². The molecule has 1 atom stereocenters. The van der Waals surface area contributed by atoms with Crippen LogP contribution in [0.25, 0.3) is 5.76 Å². The summed E-state index contributed by atoms with van der Waals surface area (Å²) >= 11 is 1.53. The standard InChI is InChI=1S/C20H18N2O3S/c1-23-12-5-3-11-4-6-13-18(16-7-8-17(24-2)26-16)15(10-21)20(22)25-19(13)14(11)9-12/h3,5,7-9,18H,4,6,22H2,1-2H3. The second kappa shape index (κ2) is 6.43. The maximum Gasteiger partial charge on any atom is 0.205 e. The second-order valence-electron chi connectivity index (χ2n) is 6.16. The normalized spacial score (nSPS) is 18.6. The van der Waals surface area contributed by atoms with Crippen molar-refractivity contribution in [3.63, 3.8) is 0 Å². The van der Waals surface area contributed by atoms with Gasteiger partial charge < -0.3 is 19.9 Å². The number of nitriles is 1. The topological polar surface area (TPSA) is 77.5 Å². The number of thiophene rings is 1. The highest BCUT2D eigenvalue weighted by atomic mass is 32.1. The van der Waals surface area contributed by atoms with Crippen LogP contribution in [0.4, 0.5) is 0 Å². The number of fused-ring (bicyclic) bond motifs is 2. The zero-order chi connectivity index (χ0) is 18.3. The molecule has 1 unspecified atom stereocenters. The fourth-order valence-electron chi connectivity index (χ4n) is 3.58. The third kappa shape index (κ3) is 2.52. The number of methoxy groups -OCH3 is 2. The number of hydrogen-bond donors (Lipinski definition) is 1. The van der Waals surface area contributed by atoms with Gasteiger partial charge in [0.25, 0.3) is 0 Å². The van der Waals surface area contributed by atoms with Crippen LogP contribution in [0, 0.1) is 11.3 Å². The van der Waals surface area contributed by atoms with Gasteiger partial charge in [-0.15, -0.1) is 11.3 Å². The van der Waals surface area contributed by atoms with E-state index in [-0.39, 0.29) is 11.8 Å². The SMILES string of the molecule is COc1ccc2c(c1)C1=C(CC2)C(c2ccc(OC)s2)C(C#N)=C(N)O1. The summed E-state index contributed by atoms with van der Waals surface area (Å²) in [6.07, 6.45) is 1.71. The monoisotopic (exact) mass is 366 g/mol. The first-order valence-corrected chi connectivity index (χ1v) is 9.09. The third-order valence-electron chi connectivity index (χ3n) is 4.84. The molecule has 2 aliphatic rings. The molecule has 6 heteroatoms. The maximum absolute atomic E-state index is 9.69. The molecule has 1 aromatic carbocycles. The zero-order valence-electron chi connectivity index (χ0n) is 14.5. The minimum Gasteiger partial charge on any atom is -0.497 e. The van der Waals surface area contributed by atoms with Crippen molar-refractivity contribution in [2.75, 3.05) is 14.2 Å². The van der Waals surface area contributed by atoms with Crippen LogP contribution in [-0.4, -0.2) is 14.2 Å². The minimum atomic E-state index is -0.197. The van der Waals surface area contributed by atoms with Crippen LogP contribution in [0.5, 0.6) is 10.8 Å². The molecule has 0 saturated heterocycles. The van der Waals surface area contributed by atoms with E-state index in [1.54, 1.807) is 14.2 Å². The average molecular weight is 366 g/mol. The van der Waals surface area contributed by atoms with Gasteiger partial charge in [0.15, 0.2) is 5.06 Å². The first-order chi connectivity index (χ1) is 12.7. The number of nitrogens with two attached hydrogens (primary N) is 1. The predicted octanol–water partition coefficient (Wildman–Crippen LogP) is 3.93. The van der Waals surface area contributed by atoms with Crippen molar-refractivity contribution < 1.29 is 14.2 Å². The minimum absolute atomic E-state index is 0.166. The fraction of sp³-hybridized carbons (Fsp3) is 0.250. The van der Waals surface area contributed by atoms with E-state index in [9.17, 15) is 5.26 Å². The quantitative estimate of drug-likeness (QED) is 0.890. The molecule has 0 amide bonds. The Morgan fingerprint density at radius 3 is 2.73 bits per heavy atom. The summed E-state index contributed by atoms with van der Waals surface area (Å²) < 4.78 is 16.6. The highest BCUT2D eigenvalue weighted by Gasteiger charge is 2.36. The summed E-state index contributed by atoms with van der Waals surface area (Å²) in [7, 11) is 3.28. The summed E-state index contributed by atoms with van der Waals surface area (Å²) in [5.74, 6) is 1.49. The van der Waals surface area contributed by atoms with Gasteiger partial charge in [-0.3, -0.25) is 0 Å². The van der Waals surface area contributed by atoms with Gasteiger partial charge in [-0.2, -0.15) is 5.26 Å². The second-order valence-corrected chi connectivity index (χ2v) is 7.24. The molecule has 0 fully saturated rings. The molecule has 1 aliphatic carbocycles. The third-order valence-corrected chi connectivity index (χ3v) is 5.95. The number of aryl methyl sites for hydroxylation is 1. The maximum atomic E-state index is 9.69. The molecule has 1 aromatic heterocycles. The largest absolute Gasteiger partial charge is 0.497 e. The lowest BCUT2D eigenvalue weighted by molar-refractivity contribution is 0.349. The van der Waals surface area contributed by atoms with Crippen LogP contribution >= 0.6 is 11.3 Å². The van der Waals surface area contributed by atoms with E-state index in [1.807, 2.05) is 24.3 Å². The highest BCUT2D eigenvalue weighted by Crippen LogP contribution is 2.49. The van der Waals surface area contributed by atoms with Crippen molar-refractivity contribution in [2.45, 2.75) is 18.8 Å². The van der Waals surface area contributed by atoms with Crippen molar-refractivity contribution in [3.05, 3.63) is 63.4 Å². The lowest BCUT2D eigenvalue weighted by Crippen LogP contribution is -2.23. The van der Waals surface area contributed by atoms with Gasteiger partial charge in [0, 0.05) is 10.4 Å². The number of benzene rings is 1. The molecule has 2 aromatic rings. The summed E-state index contributed by atoms with van der Waals surface area (Å²) in [5, 5.41) is 10.5. The Morgan fingerprint density at radius 1 is 1.19 bits per heavy atom. The lowest BCUT2D eigenvalue weighted by atomic mass is 9.79. The van der Waals surface area contributed by atoms with Gasteiger partial charge in [0.05, 0.1) is 20.1 Å². The number of rotatable bonds is 3. The van der Waals surface area contributed by atoms with E-state index in [0.717, 1.165) is 45.4 Å². The zero-order valence-corrected chi connectivity index (χ0v) is 15.4. The number of ether oxygens (including phenoxy) is 3. The van der Waals surface area contributed by atoms with Crippen LogP contribution in [0.1, 0.15) is 28.3 Å². The molecule has 5 nitrogen and oxygen atoms in total. The van der Waals surface area contributed by atoms with Gasteiger partial charge in [-0.05, 0) is 48.2 Å². The number of nitrogens with zero attached hydrogens (tertiary/aromatic N) is 1. The molecular formula is C20H18N2O3S. The average Bonchev–Trinajstić information content (AvgIpc) is 3.15. The molecule has 0 saturated carbocycles. The molecule has 0 bridgehead atoms. The van der Waals surface area contributed by atoms with Crippen LogP contribution in [0.2, 0.25) is 0 Å². The van der Waals surface area contributed by atoms with Crippen LogP contribution < -0.4 is 15.2 Å². The van der Waals surface area contributed by atoms with Crippen molar-refractivity contribution in [3.8, 4) is 16.9 Å². The molecule has 4 rings (SSSR count). The van der Waals surface area contributed by atoms with Crippen LogP contribution in [0.3, 0.4) is 0 Å². The Balaban J connectivity index is 1.89. The molecule has 26 heavy (non-hydrogen) atoms. The summed E-state index contributed by atoms with van der Waals surface area (Å²) in [4.78, 5) is 1.03. The Labute approximate surface area is 155 Å². The van der Waals surface area contributed by atoms with Crippen molar-refractivity contribution in [2.24, 2.45) is 5.73 Å². The summed E-state index contributed by atoms with van der Waals surface area (Å²) in [5.41, 5.74) is 9.86. The van der Waals surface area contributed by atoms with Crippen LogP contribution in [-0.2, 0) is 11.2 Å². The van der Waals surface area contributed by atoms with Crippen molar-refractivity contribution in [1.29, 1.82) is 5.26 Å². The van der Waals surface area contributed by atoms with E-state index in [2.05, 4.69) is 12.1 Å². The molecule has 2 heterocycles. The summed E-state index contributed by atoms with van der Waals surface area (Å²) in [6, 6.07) is 12.1. The van der Waals surface area contributed by atoms with Gasteiger partial charge in [0.2, 0.25) is 5.88 Å². The van der Waals surface area contributed by atoms with Crippen LogP contribution in [0.15, 0.2) is 47.4 Å². The molecule has 132 valence electrons. The molecule has 1 aliphatic heterocycles. The van der Waals surface area contributed by atoms with Gasteiger partial charge >= 0.3 is 0 Å². The van der Waals surface area contributed by atoms with E-state index in [0.29, 0.717) is 5.57 Å². The van der Waals surface area contributed by atoms with E-state index in [4.69, 9.17) is 19.9 Å². The smallest absolute Gasteiger partial charge is 0.205 e. The molecule has 2 N–H and O–H groups in total. The first-order valence-electron chi connectivity index (χ1n) is 8.28. The van der Waals surface area contributed by atoms with Gasteiger partial charge in [0.1, 0.15) is 23.2 Å². The van der Waals surface area contributed by atoms with E-state index < -0.39 is 0 Å². The first kappa shape index (κ1) is 16.6. The fourth-order valence-corrected chi connectivity index (χ4v) is 4.54. The molecular weight excluding hydrogens is 348 g/mol. The number of hydrogen-bond acceptors (Lipinski definition) is 6. The van der Waals surface area contributed by atoms with E-state index in [1.165, 1.54) is 16.9 Å². The molecule has 0 spiro atoms. The molecule has 0 radical (unpaired) electrons. The highest BCUT2D eigenvalue weighted by molar-refractivity contribution is 7.14. The van der Waals surface area contributed by atoms with E-state index >= 15 is 0 Å². The Hall–Kier alpha value is -2.91. The van der Waals surface area contributed by atoms with Crippen molar-refractivity contribution >= 4 is 17.1 Å². The Kier molecular flexibility index (Phi) is 4.09. The van der Waals surface area contributed by atoms with Crippen molar-refractivity contribution in [1.82, 2.24) is 0 Å². The predicted molar refractivity (Wildman–Crippen MR) is 99.8 cm³/mol. The summed E-state index contributed by atoms with van der Waals surface area (Å²) in [6.45, 7) is 0. The Bertz CT molecular complexity index is 981. The number of allylic oxidation sites excluding steroid dienone is 2.